The van der Waals surface area contributed by atoms with Crippen LogP contribution >= 0.6 is 0 Å². The monoisotopic (exact) mass is 407 g/mol. The van der Waals surface area contributed by atoms with E-state index >= 15 is 0 Å². The molecule has 10 heteroatoms. The number of hydrogen-bond acceptors (Lipinski definition) is 4. The van der Waals surface area contributed by atoms with Gasteiger partial charge in [-0.2, -0.15) is 23.4 Å². The summed E-state index contributed by atoms with van der Waals surface area (Å²) < 4.78 is 45.8. The predicted molar refractivity (Wildman–Crippen MR) is 99.7 cm³/mol. The molecule has 0 aliphatic heterocycles. The molecule has 0 fully saturated rings. The molecule has 1 N–H and O–H groups in total. The van der Waals surface area contributed by atoms with Crippen molar-refractivity contribution >= 4 is 11.6 Å². The van der Waals surface area contributed by atoms with Crippen molar-refractivity contribution in [2.24, 2.45) is 0 Å². The Kier molecular flexibility index (Phi) is 5.62. The molecule has 2 aromatic heterocycles. The smallest absolute Gasteiger partial charge is 0.435 e. The molecule has 0 spiro atoms. The van der Waals surface area contributed by atoms with E-state index in [1.165, 1.54) is 0 Å². The first-order valence-electron chi connectivity index (χ1n) is 8.75. The molecule has 1 amide bonds. The van der Waals surface area contributed by atoms with E-state index in [1.807, 2.05) is 31.2 Å². The SMILES string of the molecule is COc1cccc(Cn2nc(C)c(NC(=O)Cn3ccc(C(F)(F)F)n3)c2C)c1. The molecule has 0 atom stereocenters. The molecule has 7 nitrogen and oxygen atoms in total. The molecule has 0 bridgehead atoms. The minimum absolute atomic E-state index is 0.337. The predicted octanol–water partition coefficient (Wildman–Crippen LogP) is 3.41. The maximum atomic E-state index is 12.6. The maximum absolute atomic E-state index is 12.6. The Balaban J connectivity index is 1.71. The van der Waals surface area contributed by atoms with Crippen molar-refractivity contribution < 1.29 is 22.7 Å². The zero-order valence-corrected chi connectivity index (χ0v) is 16.1. The number of carbonyl (C=O) groups is 1. The Morgan fingerprint density at radius 1 is 1.21 bits per heavy atom. The van der Waals surface area contributed by atoms with Gasteiger partial charge in [0.25, 0.3) is 0 Å². The number of alkyl halides is 3. The van der Waals surface area contributed by atoms with E-state index in [0.717, 1.165) is 34.0 Å². The molecule has 154 valence electrons. The van der Waals surface area contributed by atoms with Crippen LogP contribution in [0.2, 0.25) is 0 Å². The maximum Gasteiger partial charge on any atom is 0.435 e. The molecule has 0 aliphatic rings. The van der Waals surface area contributed by atoms with Crippen LogP contribution < -0.4 is 10.1 Å². The summed E-state index contributed by atoms with van der Waals surface area (Å²) in [7, 11) is 1.59. The first-order chi connectivity index (χ1) is 13.7. The third-order valence-electron chi connectivity index (χ3n) is 4.35. The van der Waals surface area contributed by atoms with Crippen LogP contribution in [0.25, 0.3) is 0 Å². The van der Waals surface area contributed by atoms with Crippen molar-refractivity contribution in [3.05, 3.63) is 59.2 Å². The van der Waals surface area contributed by atoms with Crippen LogP contribution in [0.3, 0.4) is 0 Å². The van der Waals surface area contributed by atoms with Crippen LogP contribution in [0.5, 0.6) is 5.75 Å². The fourth-order valence-corrected chi connectivity index (χ4v) is 2.90. The van der Waals surface area contributed by atoms with Gasteiger partial charge in [-0.15, -0.1) is 0 Å². The van der Waals surface area contributed by atoms with Gasteiger partial charge in [-0.05, 0) is 37.6 Å². The number of hydrogen-bond donors (Lipinski definition) is 1. The van der Waals surface area contributed by atoms with Crippen molar-refractivity contribution in [1.29, 1.82) is 0 Å². The molecule has 3 rings (SSSR count). The lowest BCUT2D eigenvalue weighted by molar-refractivity contribution is -0.141. The second-order valence-corrected chi connectivity index (χ2v) is 6.50. The number of ether oxygens (including phenoxy) is 1. The van der Waals surface area contributed by atoms with E-state index in [2.05, 4.69) is 15.5 Å². The molecule has 0 saturated heterocycles. The van der Waals surface area contributed by atoms with Crippen LogP contribution in [0.4, 0.5) is 18.9 Å². The summed E-state index contributed by atoms with van der Waals surface area (Å²) >= 11 is 0. The average Bonchev–Trinajstić information content (AvgIpc) is 3.22. The minimum Gasteiger partial charge on any atom is -0.497 e. The topological polar surface area (TPSA) is 74.0 Å². The number of aromatic nitrogens is 4. The van der Waals surface area contributed by atoms with Gasteiger partial charge in [0.2, 0.25) is 5.91 Å². The molecule has 2 heterocycles. The summed E-state index contributed by atoms with van der Waals surface area (Å²) in [6.07, 6.45) is -3.43. The number of aryl methyl sites for hydroxylation is 1. The van der Waals surface area contributed by atoms with Gasteiger partial charge in [0.1, 0.15) is 12.3 Å². The molecule has 0 saturated carbocycles. The Morgan fingerprint density at radius 2 is 1.97 bits per heavy atom. The summed E-state index contributed by atoms with van der Waals surface area (Å²) in [6.45, 7) is 3.70. The highest BCUT2D eigenvalue weighted by atomic mass is 19.4. The largest absolute Gasteiger partial charge is 0.497 e. The number of rotatable bonds is 6. The van der Waals surface area contributed by atoms with Gasteiger partial charge in [-0.3, -0.25) is 14.2 Å². The average molecular weight is 407 g/mol. The lowest BCUT2D eigenvalue weighted by atomic mass is 10.2. The summed E-state index contributed by atoms with van der Waals surface area (Å²) in [6, 6.07) is 8.38. The zero-order chi connectivity index (χ0) is 21.2. The van der Waals surface area contributed by atoms with E-state index in [0.29, 0.717) is 17.9 Å². The number of nitrogens with zero attached hydrogens (tertiary/aromatic N) is 4. The normalized spacial score (nSPS) is 11.5. The van der Waals surface area contributed by atoms with Crippen molar-refractivity contribution in [2.45, 2.75) is 33.1 Å². The third kappa shape index (κ3) is 4.76. The lowest BCUT2D eigenvalue weighted by Gasteiger charge is -2.08. The van der Waals surface area contributed by atoms with Crippen molar-refractivity contribution in [3.63, 3.8) is 0 Å². The summed E-state index contributed by atoms with van der Waals surface area (Å²) in [5, 5.41) is 10.5. The van der Waals surface area contributed by atoms with Gasteiger partial charge in [-0.1, -0.05) is 12.1 Å². The number of methoxy groups -OCH3 is 1. The molecule has 0 radical (unpaired) electrons. The molecule has 0 aliphatic carbocycles. The fraction of sp³-hybridized carbons (Fsp3) is 0.316. The summed E-state index contributed by atoms with van der Waals surface area (Å²) in [5.41, 5.74) is 1.80. The minimum atomic E-state index is -4.55. The quantitative estimate of drug-likeness (QED) is 0.680. The number of nitrogens with one attached hydrogen (secondary N) is 1. The van der Waals surface area contributed by atoms with Gasteiger partial charge in [0, 0.05) is 6.20 Å². The van der Waals surface area contributed by atoms with Crippen LogP contribution in [0.1, 0.15) is 22.6 Å². The summed E-state index contributed by atoms with van der Waals surface area (Å²) in [5.74, 6) is 0.240. The Hall–Kier alpha value is -3.30. The van der Waals surface area contributed by atoms with Crippen LogP contribution in [-0.4, -0.2) is 32.6 Å². The number of anilines is 1. The van der Waals surface area contributed by atoms with Gasteiger partial charge in [-0.25, -0.2) is 0 Å². The molecular formula is C19H20F3N5O2. The number of halogens is 3. The van der Waals surface area contributed by atoms with Crippen molar-refractivity contribution in [3.8, 4) is 5.75 Å². The first kappa shape index (κ1) is 20.4. The van der Waals surface area contributed by atoms with E-state index in [4.69, 9.17) is 4.74 Å². The van der Waals surface area contributed by atoms with E-state index in [9.17, 15) is 18.0 Å². The van der Waals surface area contributed by atoms with Crippen LogP contribution in [0.15, 0.2) is 36.5 Å². The third-order valence-corrected chi connectivity index (χ3v) is 4.35. The second kappa shape index (κ2) is 7.98. The van der Waals surface area contributed by atoms with E-state index in [-0.39, 0.29) is 6.54 Å². The van der Waals surface area contributed by atoms with Gasteiger partial charge >= 0.3 is 6.18 Å². The van der Waals surface area contributed by atoms with E-state index in [1.54, 1.807) is 18.7 Å². The van der Waals surface area contributed by atoms with Crippen molar-refractivity contribution in [1.82, 2.24) is 19.6 Å². The number of amides is 1. The van der Waals surface area contributed by atoms with Crippen LogP contribution in [-0.2, 0) is 24.1 Å². The molecule has 29 heavy (non-hydrogen) atoms. The Labute approximate surface area is 165 Å². The lowest BCUT2D eigenvalue weighted by Crippen LogP contribution is -2.20. The van der Waals surface area contributed by atoms with E-state index < -0.39 is 17.8 Å². The fourth-order valence-electron chi connectivity index (χ4n) is 2.90. The zero-order valence-electron chi connectivity index (χ0n) is 16.1. The van der Waals surface area contributed by atoms with Gasteiger partial charge in [0.05, 0.1) is 30.7 Å². The Morgan fingerprint density at radius 3 is 2.62 bits per heavy atom. The standard InChI is InChI=1S/C19H20F3N5O2/c1-12-18(23-17(28)11-26-8-7-16(25-26)19(20,21)22)13(2)27(24-12)10-14-5-4-6-15(9-14)29-3/h4-9H,10-11H2,1-3H3,(H,23,28). The highest BCUT2D eigenvalue weighted by Crippen LogP contribution is 2.27. The van der Waals surface area contributed by atoms with Gasteiger partial charge < -0.3 is 10.1 Å². The van der Waals surface area contributed by atoms with Crippen molar-refractivity contribution in [2.75, 3.05) is 12.4 Å². The first-order valence-corrected chi connectivity index (χ1v) is 8.75. The number of carbonyl (C=O) groups excluding carboxylic acids is 1. The second-order valence-electron chi connectivity index (χ2n) is 6.50. The molecular weight excluding hydrogens is 387 g/mol. The van der Waals surface area contributed by atoms with Gasteiger partial charge in [0.15, 0.2) is 5.69 Å². The molecule has 3 aromatic rings. The Bertz CT molecular complexity index is 1020. The number of benzene rings is 1. The highest BCUT2D eigenvalue weighted by Gasteiger charge is 2.33. The molecule has 0 unspecified atom stereocenters. The highest BCUT2D eigenvalue weighted by molar-refractivity contribution is 5.91. The molecule has 1 aromatic carbocycles. The van der Waals surface area contributed by atoms with Crippen LogP contribution in [0, 0.1) is 13.8 Å². The summed E-state index contributed by atoms with van der Waals surface area (Å²) in [4.78, 5) is 12.3.